The molecule has 3 saturated carbocycles. The van der Waals surface area contributed by atoms with Gasteiger partial charge in [0.2, 0.25) is 17.6 Å². The molecule has 0 radical (unpaired) electrons. The first-order valence-electron chi connectivity index (χ1n) is 18.6. The van der Waals surface area contributed by atoms with E-state index in [9.17, 15) is 32.4 Å². The van der Waals surface area contributed by atoms with Crippen molar-refractivity contribution in [1.29, 1.82) is 0 Å². The summed E-state index contributed by atoms with van der Waals surface area (Å²) in [6.45, 7) is 10.6. The molecule has 0 aromatic carbocycles. The first-order valence-corrected chi connectivity index (χ1v) is 21.0. The predicted octanol–water partition coefficient (Wildman–Crippen LogP) is 4.33. The number of nitrogens with one attached hydrogen (secondary N) is 4. The number of piperidine rings is 1. The van der Waals surface area contributed by atoms with Gasteiger partial charge in [0.1, 0.15) is 16.4 Å². The molecule has 288 valence electrons. The number of Topliss-reactive ketones (excluding diaryl/α,β-unsaturated/α-hetero) is 1. The van der Waals surface area contributed by atoms with E-state index in [2.05, 4.69) is 27.8 Å². The van der Waals surface area contributed by atoms with Crippen molar-refractivity contribution in [3.8, 4) is 0 Å². The van der Waals surface area contributed by atoms with Crippen molar-refractivity contribution in [2.75, 3.05) is 18.8 Å². The van der Waals surface area contributed by atoms with Crippen LogP contribution >= 0.6 is 23.2 Å². The maximum atomic E-state index is 14.6. The Hall–Kier alpha value is -2.38. The zero-order valence-electron chi connectivity index (χ0n) is 30.5. The number of fused-ring (bicyclic) bond motifs is 1. The maximum Gasteiger partial charge on any atom is 0.315 e. The number of amides is 5. The highest BCUT2D eigenvalue weighted by molar-refractivity contribution is 7.92. The summed E-state index contributed by atoms with van der Waals surface area (Å²) in [6, 6.07) is -3.84. The molecule has 0 aromatic rings. The van der Waals surface area contributed by atoms with Gasteiger partial charge < -0.3 is 26.2 Å². The SMILES string of the molecule is C=CCNC(=O)C(=O)C(CCCC)NC(=O)[C@@H]1C2C(CN1C(=O)[C@@H](NC(=O)NC1(CS(=O)(=O)C(C)(C)C)CCCCC1)C1CCCCC1)C2(Cl)Cl. The lowest BCUT2D eigenvalue weighted by atomic mass is 9.82. The number of hydrogen-bond donors (Lipinski definition) is 4. The molecule has 1 heterocycles. The third kappa shape index (κ3) is 9.60. The Labute approximate surface area is 313 Å². The predicted molar refractivity (Wildman–Crippen MR) is 198 cm³/mol. The smallest absolute Gasteiger partial charge is 0.315 e. The number of urea groups is 1. The van der Waals surface area contributed by atoms with Crippen LogP contribution in [0.2, 0.25) is 0 Å². The second-order valence-electron chi connectivity index (χ2n) is 16.0. The zero-order chi connectivity index (χ0) is 37.8. The first kappa shape index (κ1) is 41.4. The number of likely N-dealkylation sites (tertiary alicyclic amines) is 1. The Morgan fingerprint density at radius 1 is 0.980 bits per heavy atom. The molecule has 4 aliphatic rings. The summed E-state index contributed by atoms with van der Waals surface area (Å²) < 4.78 is 24.5. The van der Waals surface area contributed by atoms with Gasteiger partial charge >= 0.3 is 6.03 Å². The van der Waals surface area contributed by atoms with Gasteiger partial charge in [0, 0.05) is 24.9 Å². The topological polar surface area (TPSA) is 171 Å². The number of rotatable bonds is 15. The number of sulfone groups is 1. The van der Waals surface area contributed by atoms with Crippen LogP contribution in [-0.4, -0.2) is 94.4 Å². The quantitative estimate of drug-likeness (QED) is 0.109. The Morgan fingerprint density at radius 2 is 1.61 bits per heavy atom. The highest BCUT2D eigenvalue weighted by Gasteiger charge is 2.74. The minimum Gasteiger partial charge on any atom is -0.346 e. The van der Waals surface area contributed by atoms with E-state index >= 15 is 0 Å². The van der Waals surface area contributed by atoms with Gasteiger partial charge in [-0.15, -0.1) is 29.8 Å². The number of nitrogens with zero attached hydrogens (tertiary/aromatic N) is 1. The normalized spacial score (nSPS) is 25.5. The summed E-state index contributed by atoms with van der Waals surface area (Å²) in [5.74, 6) is -4.13. The van der Waals surface area contributed by atoms with Gasteiger partial charge in [0.15, 0.2) is 9.84 Å². The fourth-order valence-corrected chi connectivity index (χ4v) is 10.4. The van der Waals surface area contributed by atoms with E-state index in [-0.39, 0.29) is 31.2 Å². The Morgan fingerprint density at radius 3 is 2.20 bits per heavy atom. The van der Waals surface area contributed by atoms with Crippen LogP contribution in [0, 0.1) is 17.8 Å². The van der Waals surface area contributed by atoms with Gasteiger partial charge in [-0.3, -0.25) is 19.2 Å². The van der Waals surface area contributed by atoms with Crippen LogP contribution in [0.5, 0.6) is 0 Å². The Balaban J connectivity index is 1.58. The molecule has 4 N–H and O–H groups in total. The van der Waals surface area contributed by atoms with Gasteiger partial charge in [-0.2, -0.15) is 0 Å². The van der Waals surface area contributed by atoms with Crippen molar-refractivity contribution in [3.05, 3.63) is 12.7 Å². The highest BCUT2D eigenvalue weighted by atomic mass is 35.5. The molecule has 0 spiro atoms. The summed E-state index contributed by atoms with van der Waals surface area (Å²) in [5.41, 5.74) is -0.971. The van der Waals surface area contributed by atoms with E-state index in [1.165, 1.54) is 11.0 Å². The molecule has 15 heteroatoms. The largest absolute Gasteiger partial charge is 0.346 e. The number of carbonyl (C=O) groups is 5. The minimum atomic E-state index is -3.58. The molecule has 51 heavy (non-hydrogen) atoms. The number of carbonyl (C=O) groups excluding carboxylic acids is 5. The molecule has 4 fully saturated rings. The zero-order valence-corrected chi connectivity index (χ0v) is 32.9. The van der Waals surface area contributed by atoms with Crippen LogP contribution in [0.4, 0.5) is 4.79 Å². The summed E-state index contributed by atoms with van der Waals surface area (Å²) in [6.07, 6.45) is 10.6. The summed E-state index contributed by atoms with van der Waals surface area (Å²) in [7, 11) is -3.58. The van der Waals surface area contributed by atoms with Crippen molar-refractivity contribution in [2.45, 2.75) is 144 Å². The van der Waals surface area contributed by atoms with Crippen molar-refractivity contribution in [2.24, 2.45) is 17.8 Å². The highest BCUT2D eigenvalue weighted by Crippen LogP contribution is 2.65. The number of alkyl halides is 2. The van der Waals surface area contributed by atoms with Crippen molar-refractivity contribution in [3.63, 3.8) is 0 Å². The molecular formula is C36H57Cl2N5O7S. The van der Waals surface area contributed by atoms with E-state index in [4.69, 9.17) is 23.2 Å². The minimum absolute atomic E-state index is 0.0856. The Kier molecular flexibility index (Phi) is 13.6. The average Bonchev–Trinajstić information content (AvgIpc) is 3.38. The molecule has 5 atom stereocenters. The van der Waals surface area contributed by atoms with Gasteiger partial charge in [-0.1, -0.05) is 64.4 Å². The molecule has 1 aliphatic heterocycles. The molecule has 4 rings (SSSR count). The molecule has 12 nitrogen and oxygen atoms in total. The number of hydrogen-bond acceptors (Lipinski definition) is 7. The van der Waals surface area contributed by atoms with Crippen molar-refractivity contribution < 1.29 is 32.4 Å². The second-order valence-corrected chi connectivity index (χ2v) is 20.2. The average molecular weight is 775 g/mol. The lowest BCUT2D eigenvalue weighted by Crippen LogP contribution is -2.63. The summed E-state index contributed by atoms with van der Waals surface area (Å²) in [4.78, 5) is 69.7. The van der Waals surface area contributed by atoms with E-state index in [0.29, 0.717) is 32.1 Å². The second kappa shape index (κ2) is 16.7. The van der Waals surface area contributed by atoms with E-state index in [0.717, 1.165) is 44.9 Å². The molecular weight excluding hydrogens is 717 g/mol. The van der Waals surface area contributed by atoms with E-state index in [1.54, 1.807) is 20.8 Å². The van der Waals surface area contributed by atoms with Gasteiger partial charge in [0.25, 0.3) is 5.91 Å². The van der Waals surface area contributed by atoms with Crippen LogP contribution in [-0.2, 0) is 29.0 Å². The number of halogens is 2. The fraction of sp³-hybridized carbons (Fsp3) is 0.806. The standard InChI is InChI=1S/C36H57Cl2N5O7S/c1-6-8-17-25(29(44)31(46)39-20-7-2)40-30(45)28-26-24(36(26,37)38)21-43(28)32(47)27(23-15-11-9-12-16-23)41-33(48)42-35(18-13-10-14-19-35)22-51(49,50)34(3,4)5/h7,23-28H,2,6,8-22H2,1,3-5H3,(H,39,46)(H,40,45)(H2,41,42,48)/t24?,25?,26?,27-,28-/m0/s1. The van der Waals surface area contributed by atoms with Crippen LogP contribution < -0.4 is 21.3 Å². The summed E-state index contributed by atoms with van der Waals surface area (Å²) >= 11 is 13.2. The maximum absolute atomic E-state index is 14.6. The first-order chi connectivity index (χ1) is 23.9. The third-order valence-corrected chi connectivity index (χ3v) is 15.1. The van der Waals surface area contributed by atoms with Crippen molar-refractivity contribution >= 4 is 62.6 Å². The molecule has 3 aliphatic carbocycles. The van der Waals surface area contributed by atoms with Gasteiger partial charge in [-0.05, 0) is 58.8 Å². The number of ketones is 1. The monoisotopic (exact) mass is 773 g/mol. The molecule has 3 unspecified atom stereocenters. The molecule has 1 saturated heterocycles. The van der Waals surface area contributed by atoms with Crippen LogP contribution in [0.3, 0.4) is 0 Å². The lowest BCUT2D eigenvalue weighted by Gasteiger charge is -2.41. The van der Waals surface area contributed by atoms with E-state index in [1.807, 2.05) is 6.92 Å². The van der Waals surface area contributed by atoms with Gasteiger partial charge in [0.05, 0.1) is 22.1 Å². The van der Waals surface area contributed by atoms with Crippen molar-refractivity contribution in [1.82, 2.24) is 26.2 Å². The van der Waals surface area contributed by atoms with E-state index < -0.39 is 84.0 Å². The van der Waals surface area contributed by atoms with Crippen LogP contribution in [0.15, 0.2) is 12.7 Å². The molecule has 0 bridgehead atoms. The van der Waals surface area contributed by atoms with Gasteiger partial charge in [-0.25, -0.2) is 13.2 Å². The van der Waals surface area contributed by atoms with Crippen LogP contribution in [0.1, 0.15) is 111 Å². The third-order valence-electron chi connectivity index (χ3n) is 11.3. The Bertz CT molecular complexity index is 1440. The molecule has 0 aromatic heterocycles. The molecule has 5 amide bonds. The lowest BCUT2D eigenvalue weighted by molar-refractivity contribution is -0.144. The fourth-order valence-electron chi connectivity index (χ4n) is 8.04. The summed E-state index contributed by atoms with van der Waals surface area (Å²) in [5, 5.41) is 11.2. The number of unbranched alkanes of at least 4 members (excludes halogenated alkanes) is 1. The van der Waals surface area contributed by atoms with Crippen LogP contribution in [0.25, 0.3) is 0 Å².